The molecule has 2 atom stereocenters. The number of carbonyl (C=O) groups excluding carboxylic acids is 1. The first kappa shape index (κ1) is 21.6. The summed E-state index contributed by atoms with van der Waals surface area (Å²) < 4.78 is 11.4. The minimum atomic E-state index is 0. The van der Waals surface area contributed by atoms with Crippen LogP contribution in [0.2, 0.25) is 0 Å². The molecule has 2 N–H and O–H groups in total. The SMILES string of the molecule is Cl.NC[C@@H]1CN(C(=O)c2ccc(OC3CCOCC3)cc2)C[C@H]1c1ccccc1. The number of likely N-dealkylation sites (tertiary alicyclic amines) is 1. The first-order valence-corrected chi connectivity index (χ1v) is 10.1. The van der Waals surface area contributed by atoms with Crippen molar-refractivity contribution in [3.63, 3.8) is 0 Å². The molecule has 4 rings (SSSR count). The molecule has 0 unspecified atom stereocenters. The van der Waals surface area contributed by atoms with Gasteiger partial charge in [-0.3, -0.25) is 4.79 Å². The molecule has 0 bridgehead atoms. The van der Waals surface area contributed by atoms with Gasteiger partial charge in [-0.05, 0) is 42.3 Å². The molecule has 2 fully saturated rings. The second-order valence-corrected chi connectivity index (χ2v) is 7.68. The van der Waals surface area contributed by atoms with Crippen molar-refractivity contribution >= 4 is 18.3 Å². The van der Waals surface area contributed by atoms with Crippen LogP contribution in [0, 0.1) is 5.92 Å². The van der Waals surface area contributed by atoms with E-state index in [1.54, 1.807) is 0 Å². The number of nitrogens with two attached hydrogens (primary N) is 1. The van der Waals surface area contributed by atoms with Crippen LogP contribution < -0.4 is 10.5 Å². The highest BCUT2D eigenvalue weighted by Crippen LogP contribution is 2.33. The molecule has 0 aliphatic carbocycles. The van der Waals surface area contributed by atoms with Crippen LogP contribution in [-0.4, -0.2) is 49.8 Å². The monoisotopic (exact) mass is 416 g/mol. The molecule has 0 saturated carbocycles. The molecule has 2 aliphatic rings. The third kappa shape index (κ3) is 5.10. The number of hydrogen-bond acceptors (Lipinski definition) is 4. The van der Waals surface area contributed by atoms with E-state index in [2.05, 4.69) is 12.1 Å². The Morgan fingerprint density at radius 1 is 1.03 bits per heavy atom. The Bertz CT molecular complexity index is 778. The summed E-state index contributed by atoms with van der Waals surface area (Å²) in [5.74, 6) is 1.47. The van der Waals surface area contributed by atoms with E-state index < -0.39 is 0 Å². The van der Waals surface area contributed by atoms with Gasteiger partial charge >= 0.3 is 0 Å². The van der Waals surface area contributed by atoms with Gasteiger partial charge in [0.05, 0.1) is 13.2 Å². The van der Waals surface area contributed by atoms with Gasteiger partial charge in [0.25, 0.3) is 5.91 Å². The largest absolute Gasteiger partial charge is 0.490 e. The molecule has 156 valence electrons. The number of rotatable bonds is 5. The summed E-state index contributed by atoms with van der Waals surface area (Å²) in [6.07, 6.45) is 2.02. The van der Waals surface area contributed by atoms with E-state index in [9.17, 15) is 4.79 Å². The molecule has 5 nitrogen and oxygen atoms in total. The number of nitrogens with zero attached hydrogens (tertiary/aromatic N) is 1. The minimum absolute atomic E-state index is 0. The van der Waals surface area contributed by atoms with E-state index in [1.807, 2.05) is 47.4 Å². The van der Waals surface area contributed by atoms with Gasteiger partial charge in [-0.25, -0.2) is 0 Å². The van der Waals surface area contributed by atoms with Gasteiger partial charge in [-0.2, -0.15) is 0 Å². The maximum atomic E-state index is 13.0. The Labute approximate surface area is 178 Å². The molecule has 2 aliphatic heterocycles. The third-order valence-electron chi connectivity index (χ3n) is 5.83. The smallest absolute Gasteiger partial charge is 0.253 e. The molecule has 0 spiro atoms. The number of hydrogen-bond donors (Lipinski definition) is 1. The van der Waals surface area contributed by atoms with Crippen molar-refractivity contribution in [2.24, 2.45) is 11.7 Å². The summed E-state index contributed by atoms with van der Waals surface area (Å²) in [6.45, 7) is 3.50. The number of ether oxygens (including phenoxy) is 2. The number of halogens is 1. The van der Waals surface area contributed by atoms with E-state index in [-0.39, 0.29) is 24.4 Å². The predicted molar refractivity (Wildman–Crippen MR) is 116 cm³/mol. The fraction of sp³-hybridized carbons (Fsp3) is 0.435. The Kier molecular flexibility index (Phi) is 7.53. The van der Waals surface area contributed by atoms with Crippen molar-refractivity contribution < 1.29 is 14.3 Å². The van der Waals surface area contributed by atoms with Crippen molar-refractivity contribution in [1.29, 1.82) is 0 Å². The molecule has 29 heavy (non-hydrogen) atoms. The minimum Gasteiger partial charge on any atom is -0.490 e. The average Bonchev–Trinajstić information content (AvgIpc) is 3.20. The van der Waals surface area contributed by atoms with Gasteiger partial charge in [0.15, 0.2) is 0 Å². The fourth-order valence-corrected chi connectivity index (χ4v) is 4.20. The van der Waals surface area contributed by atoms with Crippen LogP contribution >= 0.6 is 12.4 Å². The molecule has 2 aromatic rings. The van der Waals surface area contributed by atoms with Crippen LogP contribution in [0.15, 0.2) is 54.6 Å². The Hall–Kier alpha value is -2.08. The second kappa shape index (κ2) is 10.1. The zero-order valence-electron chi connectivity index (χ0n) is 16.5. The zero-order valence-corrected chi connectivity index (χ0v) is 17.4. The fourth-order valence-electron chi connectivity index (χ4n) is 4.20. The molecule has 6 heteroatoms. The van der Waals surface area contributed by atoms with Crippen LogP contribution in [0.4, 0.5) is 0 Å². The highest BCUT2D eigenvalue weighted by Gasteiger charge is 2.35. The molecule has 0 aromatic heterocycles. The van der Waals surface area contributed by atoms with Gasteiger partial charge in [-0.15, -0.1) is 12.4 Å². The molecule has 2 aromatic carbocycles. The lowest BCUT2D eigenvalue weighted by molar-refractivity contribution is 0.0256. The summed E-state index contributed by atoms with van der Waals surface area (Å²) in [5.41, 5.74) is 7.96. The van der Waals surface area contributed by atoms with Crippen molar-refractivity contribution in [3.05, 3.63) is 65.7 Å². The third-order valence-corrected chi connectivity index (χ3v) is 5.83. The van der Waals surface area contributed by atoms with Crippen LogP contribution in [0.25, 0.3) is 0 Å². The van der Waals surface area contributed by atoms with Crippen LogP contribution in [0.5, 0.6) is 5.75 Å². The first-order chi connectivity index (χ1) is 13.7. The van der Waals surface area contributed by atoms with Gasteiger partial charge in [0.1, 0.15) is 11.9 Å². The van der Waals surface area contributed by atoms with Crippen molar-refractivity contribution in [2.75, 3.05) is 32.8 Å². The first-order valence-electron chi connectivity index (χ1n) is 10.1. The maximum absolute atomic E-state index is 13.0. The lowest BCUT2D eigenvalue weighted by atomic mass is 9.89. The lowest BCUT2D eigenvalue weighted by Gasteiger charge is -2.23. The zero-order chi connectivity index (χ0) is 19.3. The van der Waals surface area contributed by atoms with Crippen LogP contribution in [-0.2, 0) is 4.74 Å². The van der Waals surface area contributed by atoms with E-state index in [0.29, 0.717) is 37.0 Å². The summed E-state index contributed by atoms with van der Waals surface area (Å²) in [6, 6.07) is 17.9. The van der Waals surface area contributed by atoms with Crippen molar-refractivity contribution in [1.82, 2.24) is 4.90 Å². The predicted octanol–water partition coefficient (Wildman–Crippen LogP) is 3.48. The lowest BCUT2D eigenvalue weighted by Crippen LogP contribution is -2.29. The summed E-state index contributed by atoms with van der Waals surface area (Å²) in [4.78, 5) is 14.9. The Balaban J connectivity index is 0.00000240. The summed E-state index contributed by atoms with van der Waals surface area (Å²) in [7, 11) is 0. The molecule has 0 radical (unpaired) electrons. The van der Waals surface area contributed by atoms with Gasteiger partial charge in [0, 0.05) is 37.4 Å². The summed E-state index contributed by atoms with van der Waals surface area (Å²) >= 11 is 0. The average molecular weight is 417 g/mol. The van der Waals surface area contributed by atoms with E-state index in [0.717, 1.165) is 31.8 Å². The highest BCUT2D eigenvalue weighted by molar-refractivity contribution is 5.94. The van der Waals surface area contributed by atoms with E-state index in [1.165, 1.54) is 5.56 Å². The van der Waals surface area contributed by atoms with Gasteiger partial charge < -0.3 is 20.1 Å². The van der Waals surface area contributed by atoms with Crippen LogP contribution in [0.1, 0.15) is 34.7 Å². The molecule has 1 amide bonds. The molecule has 2 saturated heterocycles. The molecular formula is C23H29ClN2O3. The quantitative estimate of drug-likeness (QED) is 0.810. The second-order valence-electron chi connectivity index (χ2n) is 7.68. The van der Waals surface area contributed by atoms with Gasteiger partial charge in [-0.1, -0.05) is 30.3 Å². The normalized spacial score (nSPS) is 22.2. The number of benzene rings is 2. The van der Waals surface area contributed by atoms with Gasteiger partial charge in [0.2, 0.25) is 0 Å². The number of carbonyl (C=O) groups is 1. The topological polar surface area (TPSA) is 64.8 Å². The van der Waals surface area contributed by atoms with Crippen LogP contribution in [0.3, 0.4) is 0 Å². The Morgan fingerprint density at radius 3 is 2.38 bits per heavy atom. The maximum Gasteiger partial charge on any atom is 0.253 e. The standard InChI is InChI=1S/C23H28N2O3.ClH/c24-14-19-15-25(16-22(19)17-4-2-1-3-5-17)23(26)18-6-8-20(9-7-18)28-21-10-12-27-13-11-21;/h1-9,19,21-22H,10-16,24H2;1H/t19-,22+;/m1./s1. The molecular weight excluding hydrogens is 388 g/mol. The summed E-state index contributed by atoms with van der Waals surface area (Å²) in [5, 5.41) is 0. The van der Waals surface area contributed by atoms with E-state index in [4.69, 9.17) is 15.2 Å². The van der Waals surface area contributed by atoms with E-state index >= 15 is 0 Å². The van der Waals surface area contributed by atoms with Crippen molar-refractivity contribution in [3.8, 4) is 5.75 Å². The Morgan fingerprint density at radius 2 is 1.72 bits per heavy atom. The number of amides is 1. The highest BCUT2D eigenvalue weighted by atomic mass is 35.5. The molecule has 2 heterocycles. The van der Waals surface area contributed by atoms with Crippen molar-refractivity contribution in [2.45, 2.75) is 24.9 Å².